The SMILES string of the molecule is C1=COc2ccccc2C1.O=CO. The third-order valence-corrected chi connectivity index (χ3v) is 1.60. The molecule has 0 aromatic heterocycles. The molecule has 0 spiro atoms. The molecule has 1 aromatic carbocycles. The topological polar surface area (TPSA) is 46.5 Å². The van der Waals surface area contributed by atoms with Crippen molar-refractivity contribution in [1.82, 2.24) is 0 Å². The lowest BCUT2D eigenvalue weighted by Crippen LogP contribution is -1.94. The summed E-state index contributed by atoms with van der Waals surface area (Å²) in [5, 5.41) is 6.89. The fourth-order valence-corrected chi connectivity index (χ4v) is 1.08. The monoisotopic (exact) mass is 178 g/mol. The molecule has 1 N–H and O–H groups in total. The second-order valence-electron chi connectivity index (χ2n) is 2.41. The van der Waals surface area contributed by atoms with Gasteiger partial charge in [0.05, 0.1) is 6.26 Å². The van der Waals surface area contributed by atoms with Gasteiger partial charge in [-0.05, 0) is 24.1 Å². The minimum Gasteiger partial charge on any atom is -0.483 e. The summed E-state index contributed by atoms with van der Waals surface area (Å²) in [6.07, 6.45) is 4.75. The van der Waals surface area contributed by atoms with Crippen LogP contribution in [0.1, 0.15) is 5.56 Å². The molecule has 3 heteroatoms. The Labute approximate surface area is 76.3 Å². The van der Waals surface area contributed by atoms with E-state index in [1.807, 2.05) is 24.3 Å². The smallest absolute Gasteiger partial charge is 0.290 e. The molecule has 68 valence electrons. The van der Waals surface area contributed by atoms with Crippen molar-refractivity contribution in [2.45, 2.75) is 6.42 Å². The van der Waals surface area contributed by atoms with E-state index >= 15 is 0 Å². The van der Waals surface area contributed by atoms with E-state index < -0.39 is 0 Å². The van der Waals surface area contributed by atoms with Crippen molar-refractivity contribution in [3.63, 3.8) is 0 Å². The van der Waals surface area contributed by atoms with Crippen molar-refractivity contribution in [1.29, 1.82) is 0 Å². The summed E-state index contributed by atoms with van der Waals surface area (Å²) in [6, 6.07) is 8.08. The van der Waals surface area contributed by atoms with E-state index in [0.29, 0.717) is 0 Å². The molecule has 0 aliphatic carbocycles. The Balaban J connectivity index is 0.000000251. The fourth-order valence-electron chi connectivity index (χ4n) is 1.08. The largest absolute Gasteiger partial charge is 0.483 e. The predicted octanol–water partition coefficient (Wildman–Crippen LogP) is 1.84. The van der Waals surface area contributed by atoms with E-state index in [9.17, 15) is 0 Å². The van der Waals surface area contributed by atoms with E-state index in [-0.39, 0.29) is 6.47 Å². The summed E-state index contributed by atoms with van der Waals surface area (Å²) in [5.41, 5.74) is 1.27. The fraction of sp³-hybridized carbons (Fsp3) is 0.100. The first-order valence-electron chi connectivity index (χ1n) is 3.86. The number of fused-ring (bicyclic) bond motifs is 1. The first-order valence-corrected chi connectivity index (χ1v) is 3.86. The van der Waals surface area contributed by atoms with Crippen LogP contribution < -0.4 is 4.74 Å². The van der Waals surface area contributed by atoms with Crippen LogP contribution in [0, 0.1) is 0 Å². The molecule has 0 amide bonds. The Morgan fingerprint density at radius 3 is 2.77 bits per heavy atom. The number of hydrogen-bond donors (Lipinski definition) is 1. The van der Waals surface area contributed by atoms with Crippen LogP contribution in [-0.4, -0.2) is 11.6 Å². The molecule has 1 aliphatic rings. The third kappa shape index (κ3) is 2.63. The molecule has 13 heavy (non-hydrogen) atoms. The number of hydrogen-bond acceptors (Lipinski definition) is 2. The molecule has 0 bridgehead atoms. The summed E-state index contributed by atoms with van der Waals surface area (Å²) in [6.45, 7) is -0.250. The van der Waals surface area contributed by atoms with Crippen molar-refractivity contribution in [2.75, 3.05) is 0 Å². The third-order valence-electron chi connectivity index (χ3n) is 1.60. The van der Waals surface area contributed by atoms with Gasteiger partial charge in [-0.2, -0.15) is 0 Å². The second kappa shape index (κ2) is 4.98. The van der Waals surface area contributed by atoms with Crippen LogP contribution in [0.15, 0.2) is 36.6 Å². The molecular weight excluding hydrogens is 168 g/mol. The van der Waals surface area contributed by atoms with E-state index in [1.54, 1.807) is 6.26 Å². The highest BCUT2D eigenvalue weighted by Crippen LogP contribution is 2.21. The van der Waals surface area contributed by atoms with Gasteiger partial charge in [-0.1, -0.05) is 18.2 Å². The van der Waals surface area contributed by atoms with Gasteiger partial charge in [0.1, 0.15) is 5.75 Å². The molecule has 0 radical (unpaired) electrons. The van der Waals surface area contributed by atoms with Gasteiger partial charge in [-0.25, -0.2) is 0 Å². The molecule has 0 fully saturated rings. The maximum atomic E-state index is 8.36. The Hall–Kier alpha value is -1.77. The molecule has 0 atom stereocenters. The molecule has 1 heterocycles. The number of ether oxygens (including phenoxy) is 1. The Kier molecular flexibility index (Phi) is 3.57. The van der Waals surface area contributed by atoms with Crippen molar-refractivity contribution in [2.24, 2.45) is 0 Å². The Morgan fingerprint density at radius 1 is 1.38 bits per heavy atom. The van der Waals surface area contributed by atoms with E-state index in [1.165, 1.54) is 5.56 Å². The van der Waals surface area contributed by atoms with E-state index in [4.69, 9.17) is 14.6 Å². The maximum absolute atomic E-state index is 8.36. The lowest BCUT2D eigenvalue weighted by atomic mass is 10.1. The minimum atomic E-state index is -0.250. The number of carboxylic acid groups (broad SMARTS) is 1. The number of rotatable bonds is 0. The lowest BCUT2D eigenvalue weighted by molar-refractivity contribution is -0.122. The van der Waals surface area contributed by atoms with Crippen molar-refractivity contribution < 1.29 is 14.6 Å². The normalized spacial score (nSPS) is 11.7. The highest BCUT2D eigenvalue weighted by atomic mass is 16.5. The first-order chi connectivity index (χ1) is 6.38. The summed E-state index contributed by atoms with van der Waals surface area (Å²) in [4.78, 5) is 8.36. The van der Waals surface area contributed by atoms with Gasteiger partial charge in [0.2, 0.25) is 0 Å². The molecule has 1 aromatic rings. The van der Waals surface area contributed by atoms with Crippen LogP contribution in [0.5, 0.6) is 5.75 Å². The van der Waals surface area contributed by atoms with Crippen molar-refractivity contribution in [3.8, 4) is 5.75 Å². The summed E-state index contributed by atoms with van der Waals surface area (Å²) in [5.74, 6) is 0.991. The molecule has 0 unspecified atom stereocenters. The zero-order valence-corrected chi connectivity index (χ0v) is 7.01. The first kappa shape index (κ1) is 9.32. The zero-order chi connectivity index (χ0) is 9.52. The minimum absolute atomic E-state index is 0.250. The highest BCUT2D eigenvalue weighted by molar-refractivity contribution is 5.37. The predicted molar refractivity (Wildman–Crippen MR) is 48.6 cm³/mol. The number of benzene rings is 1. The van der Waals surface area contributed by atoms with Gasteiger partial charge < -0.3 is 9.84 Å². The molecule has 0 saturated heterocycles. The van der Waals surface area contributed by atoms with E-state index in [2.05, 4.69) is 6.07 Å². The number of carbonyl (C=O) groups is 1. The molecule has 2 rings (SSSR count). The molecule has 1 aliphatic heterocycles. The van der Waals surface area contributed by atoms with Gasteiger partial charge in [0.15, 0.2) is 0 Å². The van der Waals surface area contributed by atoms with Crippen LogP contribution in [0.4, 0.5) is 0 Å². The van der Waals surface area contributed by atoms with Gasteiger partial charge in [0.25, 0.3) is 6.47 Å². The van der Waals surface area contributed by atoms with Crippen LogP contribution in [-0.2, 0) is 11.2 Å². The van der Waals surface area contributed by atoms with Crippen LogP contribution in [0.2, 0.25) is 0 Å². The van der Waals surface area contributed by atoms with Crippen LogP contribution in [0.3, 0.4) is 0 Å². The summed E-state index contributed by atoms with van der Waals surface area (Å²) >= 11 is 0. The standard InChI is InChI=1S/C9H8O.CH2O2/c1-2-6-9-8(4-1)5-3-7-10-9;2-1-3/h1-4,6-7H,5H2;1H,(H,2,3). The average molecular weight is 178 g/mol. The second-order valence-corrected chi connectivity index (χ2v) is 2.41. The van der Waals surface area contributed by atoms with Crippen molar-refractivity contribution >= 4 is 6.47 Å². The van der Waals surface area contributed by atoms with Crippen LogP contribution >= 0.6 is 0 Å². The lowest BCUT2D eigenvalue weighted by Gasteiger charge is -2.09. The van der Waals surface area contributed by atoms with Crippen molar-refractivity contribution in [3.05, 3.63) is 42.2 Å². The highest BCUT2D eigenvalue weighted by Gasteiger charge is 2.02. The molecule has 0 saturated carbocycles. The molecule has 3 nitrogen and oxygen atoms in total. The maximum Gasteiger partial charge on any atom is 0.290 e. The van der Waals surface area contributed by atoms with E-state index in [0.717, 1.165) is 12.2 Å². The number of para-hydroxylation sites is 1. The molecular formula is C10H10O3. The zero-order valence-electron chi connectivity index (χ0n) is 7.01. The van der Waals surface area contributed by atoms with Gasteiger partial charge in [-0.3, -0.25) is 4.79 Å². The van der Waals surface area contributed by atoms with Gasteiger partial charge >= 0.3 is 0 Å². The Bertz CT molecular complexity index is 278. The van der Waals surface area contributed by atoms with Gasteiger partial charge in [-0.15, -0.1) is 0 Å². The Morgan fingerprint density at radius 2 is 2.08 bits per heavy atom. The summed E-state index contributed by atoms with van der Waals surface area (Å²) in [7, 11) is 0. The van der Waals surface area contributed by atoms with Crippen LogP contribution in [0.25, 0.3) is 0 Å². The van der Waals surface area contributed by atoms with Gasteiger partial charge in [0, 0.05) is 0 Å². The number of allylic oxidation sites excluding steroid dienone is 1. The average Bonchev–Trinajstić information content (AvgIpc) is 2.19. The quantitative estimate of drug-likeness (QED) is 0.616. The summed E-state index contributed by atoms with van der Waals surface area (Å²) < 4.78 is 5.24.